The van der Waals surface area contributed by atoms with Crippen LogP contribution in [0.2, 0.25) is 0 Å². The second kappa shape index (κ2) is 6.01. The molecule has 1 heterocycles. The number of para-hydroxylation sites is 2. The van der Waals surface area contributed by atoms with Gasteiger partial charge in [0.25, 0.3) is 5.69 Å². The number of hydrogen-bond donors (Lipinski definition) is 2. The number of carboxylic acid groups (broad SMARTS) is 2. The number of nitro groups is 1. The fraction of sp³-hybridized carbons (Fsp3) is 0.154. The highest BCUT2D eigenvalue weighted by Crippen LogP contribution is 2.34. The molecule has 1 aromatic rings. The van der Waals surface area contributed by atoms with Gasteiger partial charge in [0, 0.05) is 11.8 Å². The van der Waals surface area contributed by atoms with E-state index in [1.807, 2.05) is 0 Å². The Morgan fingerprint density at radius 2 is 1.91 bits per heavy atom. The maximum Gasteiger partial charge on any atom is 0.413 e. The Kier molecular flexibility index (Phi) is 4.27. The molecule has 2 N–H and O–H groups in total. The number of amides is 1. The number of allylic oxidation sites excluding steroid dienone is 1. The van der Waals surface area contributed by atoms with Crippen LogP contribution in [0.25, 0.3) is 0 Å². The maximum absolute atomic E-state index is 11.4. The summed E-state index contributed by atoms with van der Waals surface area (Å²) in [6.07, 6.45) is -1.44. The van der Waals surface area contributed by atoms with Gasteiger partial charge in [0.2, 0.25) is 0 Å². The number of nitrogens with zero attached hydrogens (tertiary/aromatic N) is 3. The third-order valence-corrected chi connectivity index (χ3v) is 3.72. The van der Waals surface area contributed by atoms with Gasteiger partial charge in [0.05, 0.1) is 17.0 Å². The molecule has 120 valence electrons. The van der Waals surface area contributed by atoms with E-state index >= 15 is 0 Å². The Morgan fingerprint density at radius 1 is 1.30 bits per heavy atom. The zero-order valence-electron chi connectivity index (χ0n) is 11.8. The lowest BCUT2D eigenvalue weighted by Gasteiger charge is -2.36. The normalized spacial score (nSPS) is 14.9. The molecule has 0 fully saturated rings. The van der Waals surface area contributed by atoms with Crippen molar-refractivity contribution in [2.75, 3.05) is 11.4 Å². The van der Waals surface area contributed by atoms with Crippen LogP contribution in [-0.4, -0.2) is 43.8 Å². The third kappa shape index (κ3) is 2.83. The number of benzene rings is 1. The Balaban J connectivity index is 2.69. The van der Waals surface area contributed by atoms with Crippen LogP contribution in [-0.2, 0) is 4.79 Å². The topological polar surface area (TPSA) is 124 Å². The van der Waals surface area contributed by atoms with Crippen LogP contribution in [0.4, 0.5) is 16.2 Å². The van der Waals surface area contributed by atoms with Crippen LogP contribution >= 0.6 is 12.2 Å². The summed E-state index contributed by atoms with van der Waals surface area (Å²) in [5, 5.41) is 29.4. The highest BCUT2D eigenvalue weighted by molar-refractivity contribution is 7.80. The minimum Gasteiger partial charge on any atom is -0.478 e. The van der Waals surface area contributed by atoms with E-state index in [1.54, 1.807) is 0 Å². The monoisotopic (exact) mass is 337 g/mol. The van der Waals surface area contributed by atoms with Crippen molar-refractivity contribution in [3.63, 3.8) is 0 Å². The Labute approximate surface area is 135 Å². The highest BCUT2D eigenvalue weighted by atomic mass is 32.1. The van der Waals surface area contributed by atoms with E-state index < -0.39 is 23.5 Å². The second-order valence-corrected chi connectivity index (χ2v) is 4.97. The Hall–Kier alpha value is -3.01. The van der Waals surface area contributed by atoms with Gasteiger partial charge in [-0.15, -0.1) is 0 Å². The molecule has 10 heteroatoms. The molecule has 0 radical (unpaired) electrons. The van der Waals surface area contributed by atoms with Crippen LogP contribution < -0.4 is 4.90 Å². The molecule has 0 bridgehead atoms. The lowest BCUT2D eigenvalue weighted by Crippen LogP contribution is -2.51. The predicted octanol–water partition coefficient (Wildman–Crippen LogP) is 2.04. The van der Waals surface area contributed by atoms with Crippen LogP contribution in [0.5, 0.6) is 0 Å². The van der Waals surface area contributed by atoms with Crippen LogP contribution in [0.15, 0.2) is 35.5 Å². The number of carboxylic acids is 1. The van der Waals surface area contributed by atoms with Gasteiger partial charge >= 0.3 is 12.1 Å². The first-order valence-corrected chi connectivity index (χ1v) is 6.67. The Morgan fingerprint density at radius 3 is 2.43 bits per heavy atom. The van der Waals surface area contributed by atoms with Gasteiger partial charge in [0.1, 0.15) is 5.69 Å². The summed E-state index contributed by atoms with van der Waals surface area (Å²) < 4.78 is 0. The average molecular weight is 337 g/mol. The van der Waals surface area contributed by atoms with Gasteiger partial charge in [-0.2, -0.15) is 0 Å². The molecular weight excluding hydrogens is 326 g/mol. The van der Waals surface area contributed by atoms with Crippen molar-refractivity contribution in [3.8, 4) is 0 Å². The molecule has 0 unspecified atom stereocenters. The maximum atomic E-state index is 11.4. The lowest BCUT2D eigenvalue weighted by molar-refractivity contribution is -0.384. The minimum atomic E-state index is -1.44. The van der Waals surface area contributed by atoms with E-state index in [0.717, 1.165) is 4.90 Å². The zero-order valence-corrected chi connectivity index (χ0v) is 12.6. The van der Waals surface area contributed by atoms with Crippen molar-refractivity contribution < 1.29 is 24.7 Å². The van der Waals surface area contributed by atoms with Gasteiger partial charge in [-0.05, 0) is 25.2 Å². The number of aliphatic carboxylic acids is 1. The molecule has 0 aliphatic carbocycles. The summed E-state index contributed by atoms with van der Waals surface area (Å²) in [5.41, 5.74) is -0.385. The van der Waals surface area contributed by atoms with Crippen molar-refractivity contribution in [1.29, 1.82) is 0 Å². The molecule has 1 amide bonds. The predicted molar refractivity (Wildman–Crippen MR) is 83.2 cm³/mol. The van der Waals surface area contributed by atoms with Crippen molar-refractivity contribution in [2.24, 2.45) is 0 Å². The van der Waals surface area contributed by atoms with E-state index in [2.05, 4.69) is 0 Å². The van der Waals surface area contributed by atoms with E-state index in [4.69, 9.17) is 12.2 Å². The molecule has 1 aliphatic rings. The van der Waals surface area contributed by atoms with Gasteiger partial charge in [-0.25, -0.2) is 14.5 Å². The standard InChI is InChI=1S/C13H11N3O6S/c1-7-8(11(17)18)6-14(13(19)20)12(23)15(7)9-4-2-3-5-10(9)16(21)22/h2-5H,6H2,1H3,(H,17,18)(H,19,20). The number of nitro benzene ring substituents is 1. The number of carbonyl (C=O) groups is 2. The number of hydrogen-bond acceptors (Lipinski definition) is 5. The van der Waals surface area contributed by atoms with Crippen LogP contribution in [0.1, 0.15) is 6.92 Å². The van der Waals surface area contributed by atoms with Crippen LogP contribution in [0, 0.1) is 10.1 Å². The fourth-order valence-corrected chi connectivity index (χ4v) is 2.58. The molecule has 0 aromatic heterocycles. The molecule has 0 saturated carbocycles. The number of rotatable bonds is 3. The lowest BCUT2D eigenvalue weighted by atomic mass is 10.1. The van der Waals surface area contributed by atoms with Gasteiger partial charge in [-0.3, -0.25) is 15.0 Å². The first-order chi connectivity index (χ1) is 10.8. The van der Waals surface area contributed by atoms with Gasteiger partial charge in [0.15, 0.2) is 5.11 Å². The molecule has 1 aliphatic heterocycles. The molecule has 0 spiro atoms. The molecule has 2 rings (SSSR count). The summed E-state index contributed by atoms with van der Waals surface area (Å²) in [5.74, 6) is -1.32. The third-order valence-electron chi connectivity index (χ3n) is 3.32. The van der Waals surface area contributed by atoms with Crippen molar-refractivity contribution in [1.82, 2.24) is 4.90 Å². The second-order valence-electron chi connectivity index (χ2n) is 4.60. The summed E-state index contributed by atoms with van der Waals surface area (Å²) >= 11 is 5.09. The average Bonchev–Trinajstić information content (AvgIpc) is 2.47. The van der Waals surface area contributed by atoms with E-state index in [-0.39, 0.29) is 27.8 Å². The number of thiocarbonyl (C=S) groups is 1. The van der Waals surface area contributed by atoms with E-state index in [0.29, 0.717) is 4.90 Å². The summed E-state index contributed by atoms with van der Waals surface area (Å²) in [6.45, 7) is 0.998. The first-order valence-electron chi connectivity index (χ1n) is 6.26. The SMILES string of the molecule is CC1=C(C(=O)O)CN(C(=O)O)C(=S)N1c1ccccc1[N+](=O)[O-]. The Bertz CT molecular complexity index is 760. The largest absolute Gasteiger partial charge is 0.478 e. The smallest absolute Gasteiger partial charge is 0.413 e. The fourth-order valence-electron chi connectivity index (χ4n) is 2.20. The number of anilines is 1. The van der Waals surface area contributed by atoms with Gasteiger partial charge in [-0.1, -0.05) is 12.1 Å². The van der Waals surface area contributed by atoms with Crippen molar-refractivity contribution in [3.05, 3.63) is 45.6 Å². The van der Waals surface area contributed by atoms with E-state index in [9.17, 15) is 29.9 Å². The highest BCUT2D eigenvalue weighted by Gasteiger charge is 2.36. The molecule has 23 heavy (non-hydrogen) atoms. The summed E-state index contributed by atoms with van der Waals surface area (Å²) in [4.78, 5) is 34.9. The van der Waals surface area contributed by atoms with Gasteiger partial charge < -0.3 is 10.2 Å². The zero-order chi connectivity index (χ0) is 17.3. The summed E-state index contributed by atoms with van der Waals surface area (Å²) in [6, 6.07) is 5.56. The molecule has 9 nitrogen and oxygen atoms in total. The molecule has 0 saturated heterocycles. The first kappa shape index (κ1) is 16.4. The van der Waals surface area contributed by atoms with Crippen molar-refractivity contribution >= 4 is 40.8 Å². The molecule has 0 atom stereocenters. The van der Waals surface area contributed by atoms with Crippen LogP contribution in [0.3, 0.4) is 0 Å². The van der Waals surface area contributed by atoms with Crippen molar-refractivity contribution in [2.45, 2.75) is 6.92 Å². The van der Waals surface area contributed by atoms with E-state index in [1.165, 1.54) is 31.2 Å². The molecule has 1 aromatic carbocycles. The summed E-state index contributed by atoms with van der Waals surface area (Å²) in [7, 11) is 0. The quantitative estimate of drug-likeness (QED) is 0.488. The molecular formula is C13H11N3O6S. The minimum absolute atomic E-state index is 0.00435.